The summed E-state index contributed by atoms with van der Waals surface area (Å²) >= 11 is 0. The van der Waals surface area contributed by atoms with Gasteiger partial charge in [0.2, 0.25) is 0 Å². The van der Waals surface area contributed by atoms with Gasteiger partial charge in [-0.15, -0.1) is 18.4 Å². The lowest BCUT2D eigenvalue weighted by Gasteiger charge is -2.16. The first kappa shape index (κ1) is 11.3. The van der Waals surface area contributed by atoms with Gasteiger partial charge in [-0.05, 0) is 19.8 Å². The van der Waals surface area contributed by atoms with Crippen molar-refractivity contribution in [3.63, 3.8) is 0 Å². The quantitative estimate of drug-likeness (QED) is 0.386. The Morgan fingerprint density at radius 3 is 2.67 bits per heavy atom. The van der Waals surface area contributed by atoms with Crippen LogP contribution in [-0.4, -0.2) is 10.7 Å². The van der Waals surface area contributed by atoms with Gasteiger partial charge in [-0.25, -0.2) is 0 Å². The van der Waals surface area contributed by atoms with Gasteiger partial charge in [0.1, 0.15) is 0 Å². The average molecular weight is 166 g/mol. The van der Waals surface area contributed by atoms with Crippen LogP contribution in [0.4, 0.5) is 0 Å². The fraction of sp³-hybridized carbons (Fsp3) is 0.636. The lowest BCUT2D eigenvalue weighted by molar-refractivity contribution is 0.100. The van der Waals surface area contributed by atoms with Gasteiger partial charge >= 0.3 is 0 Å². The SMILES string of the molecule is C=CC(C)(O)CCCC#CCC. The molecule has 0 aliphatic carbocycles. The summed E-state index contributed by atoms with van der Waals surface area (Å²) < 4.78 is 0. The van der Waals surface area contributed by atoms with E-state index >= 15 is 0 Å². The van der Waals surface area contributed by atoms with Gasteiger partial charge in [-0.1, -0.05) is 13.0 Å². The minimum Gasteiger partial charge on any atom is -0.386 e. The Hall–Kier alpha value is -0.740. The largest absolute Gasteiger partial charge is 0.386 e. The van der Waals surface area contributed by atoms with Gasteiger partial charge in [0, 0.05) is 12.8 Å². The van der Waals surface area contributed by atoms with Crippen molar-refractivity contribution in [1.29, 1.82) is 0 Å². The van der Waals surface area contributed by atoms with Gasteiger partial charge in [0.25, 0.3) is 0 Å². The molecule has 0 aliphatic heterocycles. The molecule has 1 atom stereocenters. The predicted molar refractivity (Wildman–Crippen MR) is 52.7 cm³/mol. The molecule has 0 saturated heterocycles. The first-order valence-electron chi connectivity index (χ1n) is 4.44. The molecule has 0 aromatic carbocycles. The van der Waals surface area contributed by atoms with Crippen LogP contribution >= 0.6 is 0 Å². The minimum absolute atomic E-state index is 0.714. The summed E-state index contributed by atoms with van der Waals surface area (Å²) in [4.78, 5) is 0. The molecule has 0 radical (unpaired) electrons. The smallest absolute Gasteiger partial charge is 0.0797 e. The molecule has 0 amide bonds. The van der Waals surface area contributed by atoms with Gasteiger partial charge in [-0.2, -0.15) is 0 Å². The van der Waals surface area contributed by atoms with E-state index in [-0.39, 0.29) is 0 Å². The van der Waals surface area contributed by atoms with Crippen LogP contribution in [-0.2, 0) is 0 Å². The normalized spacial score (nSPS) is 14.2. The Bertz CT molecular complexity index is 181. The molecule has 0 bridgehead atoms. The molecule has 1 unspecified atom stereocenters. The molecule has 0 aliphatic rings. The highest BCUT2D eigenvalue weighted by Gasteiger charge is 2.13. The second kappa shape index (κ2) is 5.85. The Balaban J connectivity index is 3.49. The summed E-state index contributed by atoms with van der Waals surface area (Å²) in [6.45, 7) is 7.37. The summed E-state index contributed by atoms with van der Waals surface area (Å²) in [6, 6.07) is 0. The standard InChI is InChI=1S/C11H18O/c1-4-6-7-8-9-10-11(3,12)5-2/h5,12H,2,4,8-10H2,1,3H3. The fourth-order valence-electron chi connectivity index (χ4n) is 0.850. The molecule has 1 nitrogen and oxygen atoms in total. The average Bonchev–Trinajstić information content (AvgIpc) is 2.04. The van der Waals surface area contributed by atoms with Crippen LogP contribution in [0.25, 0.3) is 0 Å². The molecule has 1 N–H and O–H groups in total. The highest BCUT2D eigenvalue weighted by atomic mass is 16.3. The van der Waals surface area contributed by atoms with Crippen molar-refractivity contribution in [2.75, 3.05) is 0 Å². The molecule has 0 spiro atoms. The molecule has 0 aromatic rings. The fourth-order valence-corrected chi connectivity index (χ4v) is 0.850. The van der Waals surface area contributed by atoms with Crippen LogP contribution in [0, 0.1) is 11.8 Å². The molecule has 0 aromatic heterocycles. The van der Waals surface area contributed by atoms with E-state index in [0.717, 1.165) is 25.7 Å². The second-order valence-corrected chi connectivity index (χ2v) is 3.12. The van der Waals surface area contributed by atoms with Gasteiger partial charge in [0.05, 0.1) is 5.60 Å². The Labute approximate surface area is 75.5 Å². The maximum Gasteiger partial charge on any atom is 0.0797 e. The topological polar surface area (TPSA) is 20.2 Å². The second-order valence-electron chi connectivity index (χ2n) is 3.12. The molecule has 0 saturated carbocycles. The first-order chi connectivity index (χ1) is 5.62. The van der Waals surface area contributed by atoms with Crippen LogP contribution in [0.15, 0.2) is 12.7 Å². The summed E-state index contributed by atoms with van der Waals surface area (Å²) in [5.74, 6) is 6.03. The third-order valence-electron chi connectivity index (χ3n) is 1.73. The molecule has 0 rings (SSSR count). The van der Waals surface area contributed by atoms with Crippen LogP contribution in [0.2, 0.25) is 0 Å². The monoisotopic (exact) mass is 166 g/mol. The summed E-state index contributed by atoms with van der Waals surface area (Å²) in [5, 5.41) is 9.51. The number of hydrogen-bond donors (Lipinski definition) is 1. The van der Waals surface area contributed by atoms with E-state index in [1.165, 1.54) is 0 Å². The summed E-state index contributed by atoms with van der Waals surface area (Å²) in [7, 11) is 0. The van der Waals surface area contributed by atoms with Crippen molar-refractivity contribution in [1.82, 2.24) is 0 Å². The molecule has 0 heterocycles. The maximum atomic E-state index is 9.51. The number of hydrogen-bond acceptors (Lipinski definition) is 1. The van der Waals surface area contributed by atoms with Crippen LogP contribution in [0.5, 0.6) is 0 Å². The van der Waals surface area contributed by atoms with E-state index in [4.69, 9.17) is 0 Å². The first-order valence-corrected chi connectivity index (χ1v) is 4.44. The van der Waals surface area contributed by atoms with Crippen LogP contribution in [0.1, 0.15) is 39.5 Å². The number of unbranched alkanes of at least 4 members (excludes halogenated alkanes) is 1. The van der Waals surface area contributed by atoms with Crippen molar-refractivity contribution >= 4 is 0 Å². The third-order valence-corrected chi connectivity index (χ3v) is 1.73. The zero-order chi connectivity index (χ0) is 9.45. The van der Waals surface area contributed by atoms with Crippen molar-refractivity contribution in [3.8, 4) is 11.8 Å². The molecule has 1 heteroatoms. The highest BCUT2D eigenvalue weighted by Crippen LogP contribution is 2.13. The van der Waals surface area contributed by atoms with E-state index in [2.05, 4.69) is 18.4 Å². The minimum atomic E-state index is -0.714. The molecular weight excluding hydrogens is 148 g/mol. The zero-order valence-electron chi connectivity index (χ0n) is 8.06. The predicted octanol–water partition coefficient (Wildman–Crippen LogP) is 2.51. The molecule has 0 fully saturated rings. The lowest BCUT2D eigenvalue weighted by atomic mass is 9.99. The number of rotatable bonds is 4. The lowest BCUT2D eigenvalue weighted by Crippen LogP contribution is -2.19. The molecule has 12 heavy (non-hydrogen) atoms. The molecular formula is C11H18O. The highest BCUT2D eigenvalue weighted by molar-refractivity contribution is 4.99. The maximum absolute atomic E-state index is 9.51. The van der Waals surface area contributed by atoms with E-state index in [1.807, 2.05) is 6.92 Å². The van der Waals surface area contributed by atoms with Crippen molar-refractivity contribution < 1.29 is 5.11 Å². The third kappa shape index (κ3) is 6.00. The Morgan fingerprint density at radius 2 is 2.17 bits per heavy atom. The number of aliphatic hydroxyl groups is 1. The Kier molecular flexibility index (Phi) is 5.49. The van der Waals surface area contributed by atoms with E-state index in [9.17, 15) is 5.11 Å². The van der Waals surface area contributed by atoms with Gasteiger partial charge in [0.15, 0.2) is 0 Å². The zero-order valence-corrected chi connectivity index (χ0v) is 8.06. The van der Waals surface area contributed by atoms with Gasteiger partial charge in [-0.3, -0.25) is 0 Å². The van der Waals surface area contributed by atoms with Crippen molar-refractivity contribution in [2.45, 2.75) is 45.1 Å². The van der Waals surface area contributed by atoms with E-state index in [1.54, 1.807) is 13.0 Å². The van der Waals surface area contributed by atoms with E-state index < -0.39 is 5.60 Å². The van der Waals surface area contributed by atoms with Gasteiger partial charge < -0.3 is 5.11 Å². The van der Waals surface area contributed by atoms with Crippen LogP contribution < -0.4 is 0 Å². The van der Waals surface area contributed by atoms with E-state index in [0.29, 0.717) is 0 Å². The Morgan fingerprint density at radius 1 is 1.50 bits per heavy atom. The summed E-state index contributed by atoms with van der Waals surface area (Å²) in [5.41, 5.74) is -0.714. The van der Waals surface area contributed by atoms with Crippen molar-refractivity contribution in [3.05, 3.63) is 12.7 Å². The summed E-state index contributed by atoms with van der Waals surface area (Å²) in [6.07, 6.45) is 5.05. The van der Waals surface area contributed by atoms with Crippen LogP contribution in [0.3, 0.4) is 0 Å². The molecule has 68 valence electrons. The van der Waals surface area contributed by atoms with Crippen molar-refractivity contribution in [2.24, 2.45) is 0 Å².